The number of benzene rings is 1. The standard InChI is InChI=1S/C14H19Cl2N5O2.ClH/c1-18-14(22)19-13(17)21(9-20-5-7-23-8-6-20)12-10(15)3-2-4-11(12)16;/h2-4H,5-9H2,1H3,(H3,17,18,19,22);1H. The number of carbonyl (C=O) groups is 1. The van der Waals surface area contributed by atoms with Crippen LogP contribution < -0.4 is 15.5 Å². The summed E-state index contributed by atoms with van der Waals surface area (Å²) in [6, 6.07) is 4.65. The van der Waals surface area contributed by atoms with Crippen LogP contribution in [0.2, 0.25) is 10.0 Å². The van der Waals surface area contributed by atoms with Gasteiger partial charge in [-0.05, 0) is 12.1 Å². The molecule has 7 nitrogen and oxygen atoms in total. The van der Waals surface area contributed by atoms with Crippen LogP contribution in [0.25, 0.3) is 0 Å². The molecule has 24 heavy (non-hydrogen) atoms. The Morgan fingerprint density at radius 2 is 1.92 bits per heavy atom. The first kappa shape index (κ1) is 20.8. The number of nitrogens with one attached hydrogen (secondary N) is 3. The Balaban J connectivity index is 0.00000288. The van der Waals surface area contributed by atoms with Crippen LogP contribution in [0.1, 0.15) is 0 Å². The fourth-order valence-corrected chi connectivity index (χ4v) is 2.78. The van der Waals surface area contributed by atoms with Crippen LogP contribution in [-0.2, 0) is 4.74 Å². The van der Waals surface area contributed by atoms with Crippen molar-refractivity contribution < 1.29 is 9.53 Å². The van der Waals surface area contributed by atoms with E-state index in [1.165, 1.54) is 7.05 Å². The molecule has 0 bridgehead atoms. The molecule has 1 aliphatic rings. The average molecular weight is 397 g/mol. The van der Waals surface area contributed by atoms with Gasteiger partial charge in [0.05, 0.1) is 35.6 Å². The largest absolute Gasteiger partial charge is 0.379 e. The molecule has 1 saturated heterocycles. The van der Waals surface area contributed by atoms with Crippen molar-refractivity contribution in [2.45, 2.75) is 0 Å². The second kappa shape index (κ2) is 9.90. The predicted octanol–water partition coefficient (Wildman–Crippen LogP) is 2.38. The van der Waals surface area contributed by atoms with Crippen molar-refractivity contribution in [3.63, 3.8) is 0 Å². The lowest BCUT2D eigenvalue weighted by atomic mass is 10.3. The molecule has 134 valence electrons. The minimum Gasteiger partial charge on any atom is -0.379 e. The van der Waals surface area contributed by atoms with Gasteiger partial charge in [0, 0.05) is 20.1 Å². The highest BCUT2D eigenvalue weighted by Crippen LogP contribution is 2.33. The van der Waals surface area contributed by atoms with Crippen LogP contribution in [0, 0.1) is 5.41 Å². The summed E-state index contributed by atoms with van der Waals surface area (Å²) in [6.45, 7) is 3.08. The molecule has 3 N–H and O–H groups in total. The maximum Gasteiger partial charge on any atom is 0.321 e. The van der Waals surface area contributed by atoms with Gasteiger partial charge >= 0.3 is 6.03 Å². The first-order chi connectivity index (χ1) is 11.0. The molecule has 0 spiro atoms. The molecule has 0 saturated carbocycles. The van der Waals surface area contributed by atoms with Crippen LogP contribution in [0.5, 0.6) is 0 Å². The zero-order valence-corrected chi connectivity index (χ0v) is 15.5. The van der Waals surface area contributed by atoms with Crippen LogP contribution in [-0.4, -0.2) is 56.9 Å². The molecule has 1 aromatic rings. The number of morpholine rings is 1. The molecule has 1 heterocycles. The summed E-state index contributed by atoms with van der Waals surface area (Å²) in [4.78, 5) is 15.2. The lowest BCUT2D eigenvalue weighted by Crippen LogP contribution is -2.52. The first-order valence-corrected chi connectivity index (χ1v) is 7.87. The summed E-state index contributed by atoms with van der Waals surface area (Å²) >= 11 is 12.5. The van der Waals surface area contributed by atoms with Gasteiger partial charge in [0.25, 0.3) is 0 Å². The van der Waals surface area contributed by atoms with Gasteiger partial charge in [0.15, 0.2) is 0 Å². The predicted molar refractivity (Wildman–Crippen MR) is 98.8 cm³/mol. The monoisotopic (exact) mass is 395 g/mol. The van der Waals surface area contributed by atoms with Crippen LogP contribution in [0.4, 0.5) is 10.5 Å². The zero-order valence-electron chi connectivity index (χ0n) is 13.1. The molecular weight excluding hydrogens is 377 g/mol. The van der Waals surface area contributed by atoms with Gasteiger partial charge in [-0.2, -0.15) is 0 Å². The Morgan fingerprint density at radius 3 is 2.46 bits per heavy atom. The molecule has 0 aliphatic carbocycles. The molecular formula is C14H20Cl3N5O2. The second-order valence-electron chi connectivity index (χ2n) is 4.92. The second-order valence-corrected chi connectivity index (χ2v) is 5.74. The number of hydrogen-bond donors (Lipinski definition) is 3. The van der Waals surface area contributed by atoms with E-state index in [1.54, 1.807) is 23.1 Å². The summed E-state index contributed by atoms with van der Waals surface area (Å²) < 4.78 is 5.33. The molecule has 0 atom stereocenters. The summed E-state index contributed by atoms with van der Waals surface area (Å²) in [5, 5.41) is 13.9. The van der Waals surface area contributed by atoms with Crippen molar-refractivity contribution in [3.8, 4) is 0 Å². The van der Waals surface area contributed by atoms with Crippen LogP contribution in [0.3, 0.4) is 0 Å². The molecule has 2 rings (SSSR count). The van der Waals surface area contributed by atoms with E-state index >= 15 is 0 Å². The minimum atomic E-state index is -0.481. The van der Waals surface area contributed by atoms with Gasteiger partial charge in [-0.15, -0.1) is 12.4 Å². The van der Waals surface area contributed by atoms with E-state index in [2.05, 4.69) is 15.5 Å². The van der Waals surface area contributed by atoms with Crippen LogP contribution >= 0.6 is 35.6 Å². The Bertz CT molecular complexity index is 561. The normalized spacial score (nSPS) is 14.5. The Labute approximate surface area is 157 Å². The Kier molecular flexibility index (Phi) is 8.58. The maximum absolute atomic E-state index is 11.5. The number of carbonyl (C=O) groups excluding carboxylic acids is 1. The van der Waals surface area contributed by atoms with Crippen molar-refractivity contribution >= 4 is 53.3 Å². The molecule has 1 fully saturated rings. The SMILES string of the molecule is CNC(=O)NC(=N)N(CN1CCOCC1)c1c(Cl)cccc1Cl.Cl. The number of nitrogens with zero attached hydrogens (tertiary/aromatic N) is 2. The van der Waals surface area contributed by atoms with Gasteiger partial charge in [-0.1, -0.05) is 29.3 Å². The number of para-hydroxylation sites is 1. The molecule has 2 amide bonds. The van der Waals surface area contributed by atoms with Crippen molar-refractivity contribution in [2.75, 3.05) is 44.9 Å². The van der Waals surface area contributed by atoms with Crippen LogP contribution in [0.15, 0.2) is 18.2 Å². The van der Waals surface area contributed by atoms with Gasteiger partial charge in [0.1, 0.15) is 0 Å². The number of urea groups is 1. The summed E-state index contributed by atoms with van der Waals surface area (Å²) in [5.74, 6) is -0.106. The van der Waals surface area contributed by atoms with E-state index in [0.29, 0.717) is 35.6 Å². The van der Waals surface area contributed by atoms with E-state index < -0.39 is 6.03 Å². The number of hydrogen-bond acceptors (Lipinski definition) is 4. The Hall–Kier alpha value is -1.25. The minimum absolute atomic E-state index is 0. The third-order valence-electron chi connectivity index (χ3n) is 3.38. The van der Waals surface area contributed by atoms with Gasteiger partial charge in [-0.25, -0.2) is 4.79 Å². The topological polar surface area (TPSA) is 80.7 Å². The summed E-state index contributed by atoms with van der Waals surface area (Å²) in [6.07, 6.45) is 0. The zero-order chi connectivity index (χ0) is 16.8. The highest BCUT2D eigenvalue weighted by Gasteiger charge is 2.23. The average Bonchev–Trinajstić information content (AvgIpc) is 2.54. The molecule has 1 aromatic carbocycles. The van der Waals surface area contributed by atoms with Gasteiger partial charge in [-0.3, -0.25) is 20.5 Å². The Morgan fingerprint density at radius 1 is 1.33 bits per heavy atom. The first-order valence-electron chi connectivity index (χ1n) is 7.12. The summed E-state index contributed by atoms with van der Waals surface area (Å²) in [5.41, 5.74) is 0.490. The molecule has 10 heteroatoms. The van der Waals surface area contributed by atoms with Crippen molar-refractivity contribution in [2.24, 2.45) is 0 Å². The fourth-order valence-electron chi connectivity index (χ4n) is 2.18. The fraction of sp³-hybridized carbons (Fsp3) is 0.429. The number of guanidine groups is 1. The smallest absolute Gasteiger partial charge is 0.321 e. The van der Waals surface area contributed by atoms with Gasteiger partial charge in [0.2, 0.25) is 5.96 Å². The lowest BCUT2D eigenvalue weighted by Gasteiger charge is -2.34. The number of ether oxygens (including phenoxy) is 1. The van der Waals surface area contributed by atoms with E-state index in [4.69, 9.17) is 33.3 Å². The van der Waals surface area contributed by atoms with Crippen molar-refractivity contribution in [1.29, 1.82) is 5.41 Å². The number of anilines is 1. The highest BCUT2D eigenvalue weighted by molar-refractivity contribution is 6.40. The molecule has 1 aliphatic heterocycles. The van der Waals surface area contributed by atoms with E-state index in [1.807, 2.05) is 0 Å². The summed E-state index contributed by atoms with van der Waals surface area (Å²) in [7, 11) is 1.48. The number of halogens is 3. The van der Waals surface area contributed by atoms with Crippen molar-refractivity contribution in [3.05, 3.63) is 28.2 Å². The molecule has 0 unspecified atom stereocenters. The molecule has 0 radical (unpaired) electrons. The van der Waals surface area contributed by atoms with Gasteiger partial charge < -0.3 is 10.1 Å². The maximum atomic E-state index is 11.5. The van der Waals surface area contributed by atoms with E-state index in [0.717, 1.165) is 13.1 Å². The third-order valence-corrected chi connectivity index (χ3v) is 3.99. The van der Waals surface area contributed by atoms with Crippen molar-refractivity contribution in [1.82, 2.24) is 15.5 Å². The van der Waals surface area contributed by atoms with E-state index in [-0.39, 0.29) is 18.4 Å². The lowest BCUT2D eigenvalue weighted by molar-refractivity contribution is 0.0393. The third kappa shape index (κ3) is 5.39. The number of rotatable bonds is 3. The highest BCUT2D eigenvalue weighted by atomic mass is 35.5. The quantitative estimate of drug-likeness (QED) is 0.541. The number of amides is 2. The molecule has 0 aromatic heterocycles. The van der Waals surface area contributed by atoms with E-state index in [9.17, 15) is 4.79 Å².